The van der Waals surface area contributed by atoms with Gasteiger partial charge in [0, 0.05) is 30.9 Å². The lowest BCUT2D eigenvalue weighted by atomic mass is 10.0. The highest BCUT2D eigenvalue weighted by Crippen LogP contribution is 2.25. The first-order valence-electron chi connectivity index (χ1n) is 6.71. The number of aromatic carboxylic acids is 1. The van der Waals surface area contributed by atoms with Gasteiger partial charge in [-0.2, -0.15) is 0 Å². The van der Waals surface area contributed by atoms with E-state index in [-0.39, 0.29) is 0 Å². The fraction of sp³-hybridized carbons (Fsp3) is 0.533. The second-order valence-corrected chi connectivity index (χ2v) is 5.57. The van der Waals surface area contributed by atoms with Gasteiger partial charge in [0.2, 0.25) is 0 Å². The molecule has 0 radical (unpaired) electrons. The summed E-state index contributed by atoms with van der Waals surface area (Å²) in [6, 6.07) is 6.39. The molecule has 2 rings (SSSR count). The zero-order valence-corrected chi connectivity index (χ0v) is 12.1. The van der Waals surface area contributed by atoms with Crippen molar-refractivity contribution < 1.29 is 9.90 Å². The summed E-state index contributed by atoms with van der Waals surface area (Å²) in [6.45, 7) is 8.39. The quantitative estimate of drug-likeness (QED) is 0.887. The zero-order valence-electron chi connectivity index (χ0n) is 12.1. The third-order valence-electron chi connectivity index (χ3n) is 4.14. The van der Waals surface area contributed by atoms with Gasteiger partial charge in [0.25, 0.3) is 0 Å². The largest absolute Gasteiger partial charge is 0.478 e. The minimum absolute atomic E-state index is 0.358. The summed E-state index contributed by atoms with van der Waals surface area (Å²) in [6.07, 6.45) is 0. The number of hydrogen-bond acceptors (Lipinski definition) is 3. The highest BCUT2D eigenvalue weighted by Gasteiger charge is 2.27. The average molecular weight is 262 g/mol. The first kappa shape index (κ1) is 13.9. The number of aryl methyl sites for hydroxylation is 1. The summed E-state index contributed by atoms with van der Waals surface area (Å²) < 4.78 is 0. The minimum Gasteiger partial charge on any atom is -0.478 e. The molecule has 1 N–H and O–H groups in total. The average Bonchev–Trinajstić information content (AvgIpc) is 2.35. The van der Waals surface area contributed by atoms with Crippen molar-refractivity contribution in [3.05, 3.63) is 29.3 Å². The Morgan fingerprint density at radius 2 is 1.84 bits per heavy atom. The Kier molecular flexibility index (Phi) is 3.80. The number of likely N-dealkylation sites (N-methyl/N-ethyl adjacent to an activating group) is 1. The van der Waals surface area contributed by atoms with Gasteiger partial charge in [-0.1, -0.05) is 0 Å². The summed E-state index contributed by atoms with van der Waals surface area (Å²) in [5.41, 5.74) is 2.54. The molecule has 0 unspecified atom stereocenters. The molecular weight excluding hydrogens is 240 g/mol. The van der Waals surface area contributed by atoms with Crippen LogP contribution in [0.25, 0.3) is 0 Å². The Bertz CT molecular complexity index is 475. The van der Waals surface area contributed by atoms with Gasteiger partial charge < -0.3 is 10.0 Å². The van der Waals surface area contributed by atoms with E-state index < -0.39 is 5.97 Å². The van der Waals surface area contributed by atoms with Crippen molar-refractivity contribution in [3.63, 3.8) is 0 Å². The molecule has 1 fully saturated rings. The molecule has 1 aromatic rings. The van der Waals surface area contributed by atoms with Gasteiger partial charge in [-0.3, -0.25) is 4.90 Å². The lowest BCUT2D eigenvalue weighted by molar-refractivity contribution is 0.0697. The number of carboxylic acid groups (broad SMARTS) is 1. The second-order valence-electron chi connectivity index (χ2n) is 5.57. The molecule has 19 heavy (non-hydrogen) atoms. The van der Waals surface area contributed by atoms with E-state index >= 15 is 0 Å². The summed E-state index contributed by atoms with van der Waals surface area (Å²) in [5, 5.41) is 9.01. The Labute approximate surface area is 114 Å². The topological polar surface area (TPSA) is 43.8 Å². The van der Waals surface area contributed by atoms with Gasteiger partial charge in [0.05, 0.1) is 5.56 Å². The van der Waals surface area contributed by atoms with Crippen molar-refractivity contribution in [3.8, 4) is 0 Å². The van der Waals surface area contributed by atoms with Crippen molar-refractivity contribution in [1.29, 1.82) is 0 Å². The van der Waals surface area contributed by atoms with Crippen LogP contribution >= 0.6 is 0 Å². The number of hydrogen-bond donors (Lipinski definition) is 1. The van der Waals surface area contributed by atoms with Crippen LogP contribution in [0.3, 0.4) is 0 Å². The molecule has 1 heterocycles. The standard InChI is InChI=1S/C15H22N2O2/c1-10-7-13(15(18)19)5-6-14(10)17-8-11(2)16(4)12(3)9-17/h5-7,11-12H,8-9H2,1-4H3,(H,18,19)/t11-,12+. The number of piperazine rings is 1. The van der Waals surface area contributed by atoms with E-state index in [0.717, 1.165) is 24.3 Å². The predicted molar refractivity (Wildman–Crippen MR) is 77.0 cm³/mol. The van der Waals surface area contributed by atoms with E-state index in [1.54, 1.807) is 12.1 Å². The molecule has 1 aliphatic rings. The van der Waals surface area contributed by atoms with Gasteiger partial charge in [-0.25, -0.2) is 4.79 Å². The molecule has 4 nitrogen and oxygen atoms in total. The number of carboxylic acids is 1. The first-order chi connectivity index (χ1) is 8.90. The predicted octanol–water partition coefficient (Wildman–Crippen LogP) is 2.22. The second kappa shape index (κ2) is 5.21. The van der Waals surface area contributed by atoms with Crippen LogP contribution in [-0.2, 0) is 0 Å². The Balaban J connectivity index is 2.25. The summed E-state index contributed by atoms with van der Waals surface area (Å²) in [5.74, 6) is -0.866. The van der Waals surface area contributed by atoms with Crippen molar-refractivity contribution in [2.24, 2.45) is 0 Å². The monoisotopic (exact) mass is 262 g/mol. The molecule has 104 valence electrons. The summed E-state index contributed by atoms with van der Waals surface area (Å²) in [7, 11) is 2.16. The molecule has 0 amide bonds. The van der Waals surface area contributed by atoms with Crippen LogP contribution in [0.5, 0.6) is 0 Å². The normalized spacial score (nSPS) is 24.5. The fourth-order valence-corrected chi connectivity index (χ4v) is 2.74. The van der Waals surface area contributed by atoms with Crippen LogP contribution in [0.2, 0.25) is 0 Å². The zero-order chi connectivity index (χ0) is 14.2. The summed E-state index contributed by atoms with van der Waals surface area (Å²) in [4.78, 5) is 15.7. The van der Waals surface area contributed by atoms with Crippen LogP contribution < -0.4 is 4.90 Å². The van der Waals surface area contributed by atoms with Crippen molar-refractivity contribution in [1.82, 2.24) is 4.90 Å². The molecule has 1 aromatic carbocycles. The molecule has 1 saturated heterocycles. The van der Waals surface area contributed by atoms with E-state index in [4.69, 9.17) is 5.11 Å². The van der Waals surface area contributed by atoms with E-state index in [0.29, 0.717) is 17.6 Å². The third kappa shape index (κ3) is 2.73. The SMILES string of the molecule is Cc1cc(C(=O)O)ccc1N1C[C@@H](C)N(C)[C@@H](C)C1. The Morgan fingerprint density at radius 3 is 2.32 bits per heavy atom. The van der Waals surface area contributed by atoms with Gasteiger partial charge in [0.15, 0.2) is 0 Å². The van der Waals surface area contributed by atoms with E-state index in [2.05, 4.69) is 30.7 Å². The van der Waals surface area contributed by atoms with Gasteiger partial charge in [0.1, 0.15) is 0 Å². The number of benzene rings is 1. The fourth-order valence-electron chi connectivity index (χ4n) is 2.74. The Hall–Kier alpha value is -1.55. The molecule has 0 aliphatic carbocycles. The molecule has 0 bridgehead atoms. The molecule has 0 saturated carbocycles. The maximum atomic E-state index is 11.0. The smallest absolute Gasteiger partial charge is 0.335 e. The maximum absolute atomic E-state index is 11.0. The molecule has 0 spiro atoms. The first-order valence-corrected chi connectivity index (χ1v) is 6.71. The molecule has 2 atom stereocenters. The molecule has 1 aliphatic heterocycles. The number of anilines is 1. The van der Waals surface area contributed by atoms with Crippen LogP contribution in [0.4, 0.5) is 5.69 Å². The van der Waals surface area contributed by atoms with Crippen LogP contribution in [0.1, 0.15) is 29.8 Å². The van der Waals surface area contributed by atoms with Crippen molar-refractivity contribution in [2.45, 2.75) is 32.9 Å². The van der Waals surface area contributed by atoms with Gasteiger partial charge >= 0.3 is 5.97 Å². The van der Waals surface area contributed by atoms with E-state index in [9.17, 15) is 4.79 Å². The minimum atomic E-state index is -0.866. The lowest BCUT2D eigenvalue weighted by Crippen LogP contribution is -2.55. The van der Waals surface area contributed by atoms with Crippen LogP contribution in [0, 0.1) is 6.92 Å². The van der Waals surface area contributed by atoms with Crippen molar-refractivity contribution in [2.75, 3.05) is 25.0 Å². The number of rotatable bonds is 2. The number of carbonyl (C=O) groups is 1. The Morgan fingerprint density at radius 1 is 1.26 bits per heavy atom. The van der Waals surface area contributed by atoms with Crippen molar-refractivity contribution >= 4 is 11.7 Å². The molecule has 0 aromatic heterocycles. The maximum Gasteiger partial charge on any atom is 0.335 e. The highest BCUT2D eigenvalue weighted by molar-refractivity contribution is 5.88. The third-order valence-corrected chi connectivity index (χ3v) is 4.14. The van der Waals surface area contributed by atoms with Gasteiger partial charge in [-0.05, 0) is 51.6 Å². The van der Waals surface area contributed by atoms with Crippen LogP contribution in [0.15, 0.2) is 18.2 Å². The highest BCUT2D eigenvalue weighted by atomic mass is 16.4. The van der Waals surface area contributed by atoms with E-state index in [1.807, 2.05) is 13.0 Å². The van der Waals surface area contributed by atoms with E-state index in [1.165, 1.54) is 0 Å². The summed E-state index contributed by atoms with van der Waals surface area (Å²) >= 11 is 0. The number of nitrogens with zero attached hydrogens (tertiary/aromatic N) is 2. The molecule has 4 heteroatoms. The molecular formula is C15H22N2O2. The lowest BCUT2D eigenvalue weighted by Gasteiger charge is -2.44. The van der Waals surface area contributed by atoms with Crippen LogP contribution in [-0.4, -0.2) is 48.2 Å². The van der Waals surface area contributed by atoms with Gasteiger partial charge in [-0.15, -0.1) is 0 Å².